The number of piperidine rings is 1. The summed E-state index contributed by atoms with van der Waals surface area (Å²) in [6.07, 6.45) is 1.61. The van der Waals surface area contributed by atoms with Crippen LogP contribution in [-0.2, 0) is 4.79 Å². The minimum absolute atomic E-state index is 0.0441. The van der Waals surface area contributed by atoms with Gasteiger partial charge in [0.25, 0.3) is 0 Å². The fraction of sp³-hybridized carbons (Fsp3) is 0.533. The second-order valence-corrected chi connectivity index (χ2v) is 5.69. The van der Waals surface area contributed by atoms with Crippen molar-refractivity contribution in [3.8, 4) is 0 Å². The van der Waals surface area contributed by atoms with Gasteiger partial charge in [-0.2, -0.15) is 0 Å². The second kappa shape index (κ2) is 5.13. The summed E-state index contributed by atoms with van der Waals surface area (Å²) >= 11 is 0. The Hall–Kier alpha value is -1.49. The van der Waals surface area contributed by atoms with Gasteiger partial charge in [0.2, 0.25) is 5.91 Å². The van der Waals surface area contributed by atoms with Gasteiger partial charge in [-0.05, 0) is 48.9 Å². The zero-order valence-electron chi connectivity index (χ0n) is 11.1. The smallest absolute Gasteiger partial charge is 0.226 e. The molecule has 3 rings (SSSR count). The molecule has 1 saturated heterocycles. The number of likely N-dealkylation sites (tertiary alicyclic amines) is 1. The third-order valence-electron chi connectivity index (χ3n) is 4.17. The molecule has 3 atom stereocenters. The molecule has 1 N–H and O–H groups in total. The van der Waals surface area contributed by atoms with Gasteiger partial charge < -0.3 is 10.0 Å². The highest BCUT2D eigenvalue weighted by Gasteiger charge is 2.47. The maximum atomic E-state index is 13.7. The summed E-state index contributed by atoms with van der Waals surface area (Å²) in [5.74, 6) is -1.47. The van der Waals surface area contributed by atoms with Crippen molar-refractivity contribution in [3.05, 3.63) is 35.4 Å². The maximum Gasteiger partial charge on any atom is 0.226 e. The summed E-state index contributed by atoms with van der Waals surface area (Å²) in [5, 5.41) is 9.59. The SMILES string of the molecule is O=C(C1CC1c1cc(F)ccc1F)N1CCCC(O)C1. The molecule has 3 nitrogen and oxygen atoms in total. The molecule has 1 amide bonds. The topological polar surface area (TPSA) is 40.5 Å². The molecule has 1 aliphatic heterocycles. The zero-order valence-corrected chi connectivity index (χ0v) is 11.1. The number of hydrogen-bond acceptors (Lipinski definition) is 2. The van der Waals surface area contributed by atoms with Crippen LogP contribution in [0.4, 0.5) is 8.78 Å². The molecule has 0 aromatic heterocycles. The first-order chi connectivity index (χ1) is 9.56. The number of benzene rings is 1. The van der Waals surface area contributed by atoms with Crippen molar-refractivity contribution in [1.82, 2.24) is 4.90 Å². The third kappa shape index (κ3) is 2.54. The number of halogens is 2. The Labute approximate surface area is 116 Å². The van der Waals surface area contributed by atoms with Gasteiger partial charge in [-0.1, -0.05) is 0 Å². The lowest BCUT2D eigenvalue weighted by molar-refractivity contribution is -0.135. The summed E-state index contributed by atoms with van der Waals surface area (Å²) in [7, 11) is 0. The van der Waals surface area contributed by atoms with E-state index in [9.17, 15) is 18.7 Å². The molecule has 5 heteroatoms. The van der Waals surface area contributed by atoms with Crippen LogP contribution in [0.15, 0.2) is 18.2 Å². The molecular weight excluding hydrogens is 264 g/mol. The predicted molar refractivity (Wildman–Crippen MR) is 69.0 cm³/mol. The molecule has 2 aliphatic rings. The standard InChI is InChI=1S/C15H17F2NO2/c16-9-3-4-14(17)12(6-9)11-7-13(11)15(20)18-5-1-2-10(19)8-18/h3-4,6,10-11,13,19H,1-2,5,7-8H2. The lowest BCUT2D eigenvalue weighted by Gasteiger charge is -2.30. The van der Waals surface area contributed by atoms with Crippen LogP contribution < -0.4 is 0 Å². The summed E-state index contributed by atoms with van der Waals surface area (Å²) < 4.78 is 26.8. The first kappa shape index (κ1) is 13.5. The second-order valence-electron chi connectivity index (χ2n) is 5.69. The fourth-order valence-corrected chi connectivity index (χ4v) is 3.00. The highest BCUT2D eigenvalue weighted by molar-refractivity contribution is 5.83. The average Bonchev–Trinajstić information content (AvgIpc) is 3.21. The van der Waals surface area contributed by atoms with Crippen LogP contribution in [0.5, 0.6) is 0 Å². The van der Waals surface area contributed by atoms with Gasteiger partial charge in [-0.3, -0.25) is 4.79 Å². The molecule has 108 valence electrons. The van der Waals surface area contributed by atoms with Gasteiger partial charge in [-0.15, -0.1) is 0 Å². The molecule has 1 heterocycles. The van der Waals surface area contributed by atoms with Crippen LogP contribution in [0.2, 0.25) is 0 Å². The predicted octanol–water partition coefficient (Wildman–Crippen LogP) is 2.05. The first-order valence-electron chi connectivity index (χ1n) is 6.98. The van der Waals surface area contributed by atoms with Crippen molar-refractivity contribution < 1.29 is 18.7 Å². The van der Waals surface area contributed by atoms with Gasteiger partial charge in [-0.25, -0.2) is 8.78 Å². The van der Waals surface area contributed by atoms with E-state index < -0.39 is 17.7 Å². The van der Waals surface area contributed by atoms with Crippen LogP contribution in [0.1, 0.15) is 30.7 Å². The number of carbonyl (C=O) groups excluding carboxylic acids is 1. The largest absolute Gasteiger partial charge is 0.391 e. The van der Waals surface area contributed by atoms with E-state index in [1.165, 1.54) is 6.07 Å². The molecule has 20 heavy (non-hydrogen) atoms. The van der Waals surface area contributed by atoms with E-state index in [4.69, 9.17) is 0 Å². The van der Waals surface area contributed by atoms with Crippen LogP contribution in [-0.4, -0.2) is 35.1 Å². The molecule has 1 aliphatic carbocycles. The number of aliphatic hydroxyl groups excluding tert-OH is 1. The van der Waals surface area contributed by atoms with Crippen LogP contribution in [0, 0.1) is 17.6 Å². The van der Waals surface area contributed by atoms with E-state index in [1.807, 2.05) is 0 Å². The number of β-amino-alcohol motifs (C(OH)–C–C–N with tert-alkyl or cyclic N) is 1. The van der Waals surface area contributed by atoms with Crippen molar-refractivity contribution >= 4 is 5.91 Å². The van der Waals surface area contributed by atoms with Crippen LogP contribution in [0.3, 0.4) is 0 Å². The average molecular weight is 281 g/mol. The monoisotopic (exact) mass is 281 g/mol. The van der Waals surface area contributed by atoms with Gasteiger partial charge in [0.15, 0.2) is 0 Å². The number of hydrogen-bond donors (Lipinski definition) is 1. The normalized spacial score (nSPS) is 29.4. The Bertz CT molecular complexity index is 535. The van der Waals surface area contributed by atoms with Crippen molar-refractivity contribution in [3.63, 3.8) is 0 Å². The highest BCUT2D eigenvalue weighted by atomic mass is 19.1. The number of nitrogens with zero attached hydrogens (tertiary/aromatic N) is 1. The Morgan fingerprint density at radius 2 is 2.15 bits per heavy atom. The van der Waals surface area contributed by atoms with Crippen molar-refractivity contribution in [2.45, 2.75) is 31.3 Å². The molecule has 0 radical (unpaired) electrons. The minimum Gasteiger partial charge on any atom is -0.391 e. The Morgan fingerprint density at radius 3 is 2.90 bits per heavy atom. The van der Waals surface area contributed by atoms with Crippen LogP contribution >= 0.6 is 0 Å². The molecular formula is C15H17F2NO2. The van der Waals surface area contributed by atoms with Crippen molar-refractivity contribution in [2.24, 2.45) is 5.92 Å². The van der Waals surface area contributed by atoms with E-state index in [1.54, 1.807) is 4.90 Å². The van der Waals surface area contributed by atoms with E-state index in [2.05, 4.69) is 0 Å². The molecule has 0 spiro atoms. The zero-order chi connectivity index (χ0) is 14.3. The van der Waals surface area contributed by atoms with Gasteiger partial charge in [0.1, 0.15) is 11.6 Å². The number of carbonyl (C=O) groups is 1. The van der Waals surface area contributed by atoms with Gasteiger partial charge in [0, 0.05) is 19.0 Å². The Morgan fingerprint density at radius 1 is 1.35 bits per heavy atom. The van der Waals surface area contributed by atoms with Gasteiger partial charge >= 0.3 is 0 Å². The molecule has 3 unspecified atom stereocenters. The highest BCUT2D eigenvalue weighted by Crippen LogP contribution is 2.49. The molecule has 1 saturated carbocycles. The lowest BCUT2D eigenvalue weighted by atomic mass is 10.1. The fourth-order valence-electron chi connectivity index (χ4n) is 3.00. The molecule has 1 aromatic rings. The van der Waals surface area contributed by atoms with Gasteiger partial charge in [0.05, 0.1) is 6.10 Å². The summed E-state index contributed by atoms with van der Waals surface area (Å²) in [5.41, 5.74) is 0.293. The molecule has 2 fully saturated rings. The van der Waals surface area contributed by atoms with E-state index in [0.29, 0.717) is 25.1 Å². The van der Waals surface area contributed by atoms with Crippen molar-refractivity contribution in [2.75, 3.05) is 13.1 Å². The van der Waals surface area contributed by atoms with Crippen LogP contribution in [0.25, 0.3) is 0 Å². The minimum atomic E-state index is -0.479. The third-order valence-corrected chi connectivity index (χ3v) is 4.17. The lowest BCUT2D eigenvalue weighted by Crippen LogP contribution is -2.43. The van der Waals surface area contributed by atoms with E-state index in [-0.39, 0.29) is 17.7 Å². The number of amides is 1. The Kier molecular flexibility index (Phi) is 3.46. The van der Waals surface area contributed by atoms with E-state index >= 15 is 0 Å². The summed E-state index contributed by atoms with van der Waals surface area (Å²) in [4.78, 5) is 13.9. The van der Waals surface area contributed by atoms with Crippen molar-refractivity contribution in [1.29, 1.82) is 0 Å². The molecule has 0 bridgehead atoms. The quantitative estimate of drug-likeness (QED) is 0.901. The number of rotatable bonds is 2. The Balaban J connectivity index is 1.69. The molecule has 1 aromatic carbocycles. The van der Waals surface area contributed by atoms with E-state index in [0.717, 1.165) is 25.0 Å². The maximum absolute atomic E-state index is 13.7. The number of aliphatic hydroxyl groups is 1. The summed E-state index contributed by atoms with van der Waals surface area (Å²) in [6.45, 7) is 0.998. The summed E-state index contributed by atoms with van der Waals surface area (Å²) in [6, 6.07) is 3.37. The first-order valence-corrected chi connectivity index (χ1v) is 6.98.